The Morgan fingerprint density at radius 1 is 1.36 bits per heavy atom. The zero-order chi connectivity index (χ0) is 10.6. The Balaban J connectivity index is 2.75. The summed E-state index contributed by atoms with van der Waals surface area (Å²) in [6.07, 6.45) is 5.12. The molecule has 0 fully saturated rings. The Bertz CT molecular complexity index is 340. The number of hydrogen-bond donors (Lipinski definition) is 2. The van der Waals surface area contributed by atoms with Gasteiger partial charge in [-0.2, -0.15) is 0 Å². The van der Waals surface area contributed by atoms with Crippen LogP contribution in [-0.2, 0) is 6.54 Å². The lowest BCUT2D eigenvalue weighted by atomic mass is 10.1. The quantitative estimate of drug-likeness (QED) is 0.560. The van der Waals surface area contributed by atoms with E-state index in [2.05, 4.69) is 11.2 Å². The summed E-state index contributed by atoms with van der Waals surface area (Å²) in [4.78, 5) is 0. The molecule has 1 aromatic carbocycles. The van der Waals surface area contributed by atoms with Gasteiger partial charge in [0.2, 0.25) is 0 Å². The first-order chi connectivity index (χ1) is 6.65. The minimum atomic E-state index is 0.380. The molecule has 0 aliphatic rings. The first-order valence-electron chi connectivity index (χ1n) is 4.58. The highest BCUT2D eigenvalue weighted by Crippen LogP contribution is 2.22. The summed E-state index contributed by atoms with van der Waals surface area (Å²) in [5.74, 6) is 2.90. The van der Waals surface area contributed by atoms with E-state index < -0.39 is 0 Å². The first-order valence-corrected chi connectivity index (χ1v) is 4.58. The van der Waals surface area contributed by atoms with Gasteiger partial charge in [0.1, 0.15) is 5.75 Å². The molecular formula is C12H15NO. The van der Waals surface area contributed by atoms with Crippen molar-refractivity contribution in [1.82, 2.24) is 5.32 Å². The number of benzene rings is 1. The van der Waals surface area contributed by atoms with Crippen molar-refractivity contribution in [2.45, 2.75) is 20.4 Å². The Morgan fingerprint density at radius 3 is 2.43 bits per heavy atom. The lowest BCUT2D eigenvalue weighted by Gasteiger charge is -2.07. The topological polar surface area (TPSA) is 32.3 Å². The summed E-state index contributed by atoms with van der Waals surface area (Å²) in [5, 5.41) is 12.7. The third kappa shape index (κ3) is 2.51. The second-order valence-corrected chi connectivity index (χ2v) is 3.39. The van der Waals surface area contributed by atoms with Crippen LogP contribution in [0.25, 0.3) is 0 Å². The highest BCUT2D eigenvalue weighted by atomic mass is 16.3. The molecule has 0 atom stereocenters. The Hall–Kier alpha value is -1.46. The van der Waals surface area contributed by atoms with E-state index in [9.17, 15) is 5.11 Å². The maximum absolute atomic E-state index is 9.55. The molecule has 2 N–H and O–H groups in total. The average Bonchev–Trinajstić information content (AvgIpc) is 2.14. The fourth-order valence-electron chi connectivity index (χ4n) is 1.43. The Morgan fingerprint density at radius 2 is 1.93 bits per heavy atom. The summed E-state index contributed by atoms with van der Waals surface area (Å²) in [5.41, 5.74) is 2.96. The molecule has 0 aliphatic heterocycles. The smallest absolute Gasteiger partial charge is 0.121 e. The molecule has 0 saturated heterocycles. The molecule has 0 saturated carbocycles. The van der Waals surface area contributed by atoms with Crippen LogP contribution in [0.3, 0.4) is 0 Å². The van der Waals surface area contributed by atoms with Crippen molar-refractivity contribution in [3.8, 4) is 18.1 Å². The van der Waals surface area contributed by atoms with Crippen molar-refractivity contribution < 1.29 is 5.11 Å². The predicted molar refractivity (Wildman–Crippen MR) is 58.1 cm³/mol. The number of aryl methyl sites for hydroxylation is 2. The van der Waals surface area contributed by atoms with E-state index in [0.717, 1.165) is 23.2 Å². The fraction of sp³-hybridized carbons (Fsp3) is 0.333. The van der Waals surface area contributed by atoms with E-state index >= 15 is 0 Å². The zero-order valence-electron chi connectivity index (χ0n) is 8.59. The Kier molecular flexibility index (Phi) is 3.55. The van der Waals surface area contributed by atoms with Crippen LogP contribution in [0.2, 0.25) is 0 Å². The van der Waals surface area contributed by atoms with Gasteiger partial charge in [0.05, 0.1) is 6.54 Å². The molecule has 0 unspecified atom stereocenters. The third-order valence-electron chi connectivity index (χ3n) is 2.11. The largest absolute Gasteiger partial charge is 0.507 e. The van der Waals surface area contributed by atoms with Crippen LogP contribution >= 0.6 is 0 Å². The maximum atomic E-state index is 9.55. The van der Waals surface area contributed by atoms with Gasteiger partial charge in [-0.25, -0.2) is 0 Å². The van der Waals surface area contributed by atoms with Gasteiger partial charge in [0, 0.05) is 6.54 Å². The van der Waals surface area contributed by atoms with Crippen LogP contribution in [-0.4, -0.2) is 11.7 Å². The molecule has 14 heavy (non-hydrogen) atoms. The lowest BCUT2D eigenvalue weighted by Crippen LogP contribution is -2.13. The summed E-state index contributed by atoms with van der Waals surface area (Å²) in [6.45, 7) is 5.10. The van der Waals surface area contributed by atoms with Crippen molar-refractivity contribution in [3.05, 3.63) is 28.8 Å². The molecule has 0 spiro atoms. The van der Waals surface area contributed by atoms with E-state index in [1.165, 1.54) is 0 Å². The van der Waals surface area contributed by atoms with Gasteiger partial charge < -0.3 is 10.4 Å². The molecule has 0 heterocycles. The van der Waals surface area contributed by atoms with Crippen LogP contribution in [0.4, 0.5) is 0 Å². The molecule has 74 valence electrons. The van der Waals surface area contributed by atoms with Crippen LogP contribution in [0, 0.1) is 26.2 Å². The molecule has 0 aromatic heterocycles. The number of phenols is 1. The highest BCUT2D eigenvalue weighted by molar-refractivity contribution is 5.42. The van der Waals surface area contributed by atoms with Crippen molar-refractivity contribution in [1.29, 1.82) is 0 Å². The molecule has 0 radical (unpaired) electrons. The van der Waals surface area contributed by atoms with Crippen LogP contribution in [0.5, 0.6) is 5.75 Å². The van der Waals surface area contributed by atoms with E-state index in [1.807, 2.05) is 26.0 Å². The number of rotatable bonds is 3. The summed E-state index contributed by atoms with van der Waals surface area (Å²) < 4.78 is 0. The van der Waals surface area contributed by atoms with E-state index in [1.54, 1.807) is 0 Å². The van der Waals surface area contributed by atoms with Crippen LogP contribution < -0.4 is 5.32 Å². The van der Waals surface area contributed by atoms with Crippen LogP contribution in [0.15, 0.2) is 12.1 Å². The number of hydrogen-bond acceptors (Lipinski definition) is 2. The maximum Gasteiger partial charge on any atom is 0.121 e. The number of nitrogens with one attached hydrogen (secondary N) is 1. The molecular weight excluding hydrogens is 174 g/mol. The summed E-state index contributed by atoms with van der Waals surface area (Å²) in [7, 11) is 0. The van der Waals surface area contributed by atoms with Gasteiger partial charge in [0.25, 0.3) is 0 Å². The van der Waals surface area contributed by atoms with Crippen molar-refractivity contribution in [3.63, 3.8) is 0 Å². The van der Waals surface area contributed by atoms with Gasteiger partial charge in [-0.1, -0.05) is 18.1 Å². The normalized spacial score (nSPS) is 9.79. The second-order valence-electron chi connectivity index (χ2n) is 3.39. The van der Waals surface area contributed by atoms with Crippen molar-refractivity contribution >= 4 is 0 Å². The number of terminal acetylenes is 1. The molecule has 1 aromatic rings. The standard InChI is InChI=1S/C12H15NO/c1-4-5-13-8-11-6-9(2)12(14)10(3)7-11/h1,6-7,13-14H,5,8H2,2-3H3. The van der Waals surface area contributed by atoms with Gasteiger partial charge in [-0.3, -0.25) is 0 Å². The molecule has 0 bridgehead atoms. The minimum absolute atomic E-state index is 0.380. The average molecular weight is 189 g/mol. The van der Waals surface area contributed by atoms with E-state index in [0.29, 0.717) is 12.3 Å². The summed E-state index contributed by atoms with van der Waals surface area (Å²) >= 11 is 0. The van der Waals surface area contributed by atoms with E-state index in [4.69, 9.17) is 6.42 Å². The molecule has 2 heteroatoms. The highest BCUT2D eigenvalue weighted by Gasteiger charge is 2.02. The third-order valence-corrected chi connectivity index (χ3v) is 2.11. The van der Waals surface area contributed by atoms with Gasteiger partial charge in [-0.05, 0) is 30.5 Å². The first kappa shape index (κ1) is 10.6. The van der Waals surface area contributed by atoms with Gasteiger partial charge >= 0.3 is 0 Å². The van der Waals surface area contributed by atoms with Crippen LogP contribution in [0.1, 0.15) is 16.7 Å². The second kappa shape index (κ2) is 4.69. The predicted octanol–water partition coefficient (Wildman–Crippen LogP) is 1.73. The lowest BCUT2D eigenvalue weighted by molar-refractivity contribution is 0.466. The number of aromatic hydroxyl groups is 1. The number of phenolic OH excluding ortho intramolecular Hbond substituents is 1. The fourth-order valence-corrected chi connectivity index (χ4v) is 1.43. The van der Waals surface area contributed by atoms with Crippen molar-refractivity contribution in [2.75, 3.05) is 6.54 Å². The minimum Gasteiger partial charge on any atom is -0.507 e. The SMILES string of the molecule is C#CCNCc1cc(C)c(O)c(C)c1. The van der Waals surface area contributed by atoms with Gasteiger partial charge in [-0.15, -0.1) is 6.42 Å². The molecule has 0 amide bonds. The van der Waals surface area contributed by atoms with E-state index in [-0.39, 0.29) is 0 Å². The van der Waals surface area contributed by atoms with Crippen molar-refractivity contribution in [2.24, 2.45) is 0 Å². The summed E-state index contributed by atoms with van der Waals surface area (Å²) in [6, 6.07) is 3.93. The molecule has 0 aliphatic carbocycles. The molecule has 1 rings (SSSR count). The Labute approximate surface area is 85.0 Å². The monoisotopic (exact) mass is 189 g/mol. The zero-order valence-corrected chi connectivity index (χ0v) is 8.59. The molecule has 2 nitrogen and oxygen atoms in total. The van der Waals surface area contributed by atoms with Gasteiger partial charge in [0.15, 0.2) is 0 Å².